The molecule has 70 valence electrons. The summed E-state index contributed by atoms with van der Waals surface area (Å²) in [7, 11) is 0. The van der Waals surface area contributed by atoms with E-state index in [9.17, 15) is 0 Å². The Kier molecular flexibility index (Phi) is 2.40. The molecule has 0 bridgehead atoms. The van der Waals surface area contributed by atoms with Gasteiger partial charge in [0.1, 0.15) is 0 Å². The average Bonchev–Trinajstić information content (AvgIpc) is 2.56. The van der Waals surface area contributed by atoms with E-state index < -0.39 is 0 Å². The topological polar surface area (TPSA) is 12.9 Å². The standard InChI is InChI=1S/C11H7NS.ClH/c1-2-4-10-8(3-1)9-7-12-6-5-11(9)13-10;/h1-7H;1H. The summed E-state index contributed by atoms with van der Waals surface area (Å²) in [5.74, 6) is 0. The molecule has 0 amide bonds. The van der Waals surface area contributed by atoms with Crippen LogP contribution in [0.25, 0.3) is 20.2 Å². The number of benzene rings is 1. The van der Waals surface area contributed by atoms with Crippen molar-refractivity contribution in [2.45, 2.75) is 0 Å². The van der Waals surface area contributed by atoms with Crippen molar-refractivity contribution in [2.75, 3.05) is 0 Å². The van der Waals surface area contributed by atoms with Crippen LogP contribution in [0, 0.1) is 0 Å². The minimum absolute atomic E-state index is 0. The Labute approximate surface area is 91.8 Å². The molecule has 0 saturated heterocycles. The van der Waals surface area contributed by atoms with Gasteiger partial charge in [-0.15, -0.1) is 23.7 Å². The van der Waals surface area contributed by atoms with Gasteiger partial charge in [0.25, 0.3) is 0 Å². The van der Waals surface area contributed by atoms with Gasteiger partial charge in [0.15, 0.2) is 0 Å². The molecule has 3 rings (SSSR count). The van der Waals surface area contributed by atoms with Crippen LogP contribution >= 0.6 is 23.7 Å². The highest BCUT2D eigenvalue weighted by molar-refractivity contribution is 7.25. The summed E-state index contributed by atoms with van der Waals surface area (Å²) in [5, 5.41) is 2.58. The van der Waals surface area contributed by atoms with Gasteiger partial charge >= 0.3 is 0 Å². The van der Waals surface area contributed by atoms with E-state index in [1.165, 1.54) is 20.2 Å². The molecular formula is C11H8ClNS. The van der Waals surface area contributed by atoms with E-state index in [4.69, 9.17) is 0 Å². The Hall–Kier alpha value is -1.12. The highest BCUT2D eigenvalue weighted by Gasteiger charge is 2.01. The van der Waals surface area contributed by atoms with Crippen molar-refractivity contribution < 1.29 is 0 Å². The lowest BCUT2D eigenvalue weighted by Crippen LogP contribution is -1.67. The molecule has 0 N–H and O–H groups in total. The predicted octanol–water partition coefficient (Wildman–Crippen LogP) is 3.87. The van der Waals surface area contributed by atoms with Crippen molar-refractivity contribution in [3.05, 3.63) is 42.7 Å². The molecule has 0 saturated carbocycles. The lowest BCUT2D eigenvalue weighted by atomic mass is 10.2. The third kappa shape index (κ3) is 1.27. The van der Waals surface area contributed by atoms with E-state index in [0.717, 1.165) is 0 Å². The summed E-state index contributed by atoms with van der Waals surface area (Å²) in [6.45, 7) is 0. The summed E-state index contributed by atoms with van der Waals surface area (Å²) < 4.78 is 2.65. The molecule has 1 aromatic carbocycles. The Morgan fingerprint density at radius 3 is 2.64 bits per heavy atom. The van der Waals surface area contributed by atoms with E-state index in [1.807, 2.05) is 23.7 Å². The number of thiophene rings is 1. The Balaban J connectivity index is 0.000000750. The third-order valence-corrected chi connectivity index (χ3v) is 3.33. The molecule has 0 unspecified atom stereocenters. The molecule has 2 heterocycles. The zero-order valence-electron chi connectivity index (χ0n) is 7.31. The predicted molar refractivity (Wildman–Crippen MR) is 64.4 cm³/mol. The number of rotatable bonds is 0. The third-order valence-electron chi connectivity index (χ3n) is 2.18. The minimum Gasteiger partial charge on any atom is -0.264 e. The fourth-order valence-corrected chi connectivity index (χ4v) is 2.64. The van der Waals surface area contributed by atoms with Crippen molar-refractivity contribution in [3.63, 3.8) is 0 Å². The normalized spacial score (nSPS) is 10.3. The lowest BCUT2D eigenvalue weighted by Gasteiger charge is -1.87. The van der Waals surface area contributed by atoms with Crippen LogP contribution in [0.3, 0.4) is 0 Å². The number of nitrogens with zero attached hydrogens (tertiary/aromatic N) is 1. The molecule has 0 fully saturated rings. The number of aromatic nitrogens is 1. The molecule has 3 aromatic rings. The highest BCUT2D eigenvalue weighted by atomic mass is 35.5. The van der Waals surface area contributed by atoms with Crippen molar-refractivity contribution >= 4 is 43.9 Å². The highest BCUT2D eigenvalue weighted by Crippen LogP contribution is 2.32. The van der Waals surface area contributed by atoms with Crippen LogP contribution in [0.2, 0.25) is 0 Å². The second-order valence-electron chi connectivity index (χ2n) is 2.97. The molecule has 0 aliphatic carbocycles. The number of halogens is 1. The zero-order valence-corrected chi connectivity index (χ0v) is 8.94. The van der Waals surface area contributed by atoms with Gasteiger partial charge in [0, 0.05) is 32.6 Å². The summed E-state index contributed by atoms with van der Waals surface area (Å²) >= 11 is 1.82. The molecule has 1 nitrogen and oxygen atoms in total. The summed E-state index contributed by atoms with van der Waals surface area (Å²) in [5.41, 5.74) is 0. The zero-order chi connectivity index (χ0) is 8.67. The van der Waals surface area contributed by atoms with Gasteiger partial charge in [-0.25, -0.2) is 0 Å². The second-order valence-corrected chi connectivity index (χ2v) is 4.05. The van der Waals surface area contributed by atoms with Crippen molar-refractivity contribution in [2.24, 2.45) is 0 Å². The lowest BCUT2D eigenvalue weighted by molar-refractivity contribution is 1.37. The fraction of sp³-hybridized carbons (Fsp3) is 0. The van der Waals surface area contributed by atoms with E-state index in [0.29, 0.717) is 0 Å². The smallest absolute Gasteiger partial charge is 0.0386 e. The number of hydrogen-bond donors (Lipinski definition) is 0. The van der Waals surface area contributed by atoms with Crippen molar-refractivity contribution in [1.29, 1.82) is 0 Å². The van der Waals surface area contributed by atoms with Crippen LogP contribution in [0.4, 0.5) is 0 Å². The van der Waals surface area contributed by atoms with Gasteiger partial charge in [-0.2, -0.15) is 0 Å². The summed E-state index contributed by atoms with van der Waals surface area (Å²) in [6.07, 6.45) is 3.78. The first-order valence-electron chi connectivity index (χ1n) is 4.16. The van der Waals surface area contributed by atoms with Gasteiger partial charge in [-0.05, 0) is 12.1 Å². The summed E-state index contributed by atoms with van der Waals surface area (Å²) in [4.78, 5) is 4.14. The summed E-state index contributed by atoms with van der Waals surface area (Å²) in [6, 6.07) is 10.5. The molecule has 0 atom stereocenters. The van der Waals surface area contributed by atoms with Gasteiger partial charge < -0.3 is 0 Å². The van der Waals surface area contributed by atoms with Crippen LogP contribution in [0.5, 0.6) is 0 Å². The van der Waals surface area contributed by atoms with Crippen LogP contribution in [-0.4, -0.2) is 4.98 Å². The number of fused-ring (bicyclic) bond motifs is 3. The fourth-order valence-electron chi connectivity index (χ4n) is 1.57. The first-order valence-corrected chi connectivity index (χ1v) is 4.98. The molecule has 2 aromatic heterocycles. The molecule has 3 heteroatoms. The van der Waals surface area contributed by atoms with Crippen molar-refractivity contribution in [1.82, 2.24) is 4.98 Å². The van der Waals surface area contributed by atoms with Gasteiger partial charge in [-0.1, -0.05) is 18.2 Å². The number of hydrogen-bond acceptors (Lipinski definition) is 2. The van der Waals surface area contributed by atoms with Gasteiger partial charge in [-0.3, -0.25) is 4.98 Å². The van der Waals surface area contributed by atoms with Crippen LogP contribution < -0.4 is 0 Å². The van der Waals surface area contributed by atoms with Gasteiger partial charge in [0.2, 0.25) is 0 Å². The molecule has 0 spiro atoms. The van der Waals surface area contributed by atoms with Crippen molar-refractivity contribution in [3.8, 4) is 0 Å². The maximum absolute atomic E-state index is 4.14. The quantitative estimate of drug-likeness (QED) is 0.562. The van der Waals surface area contributed by atoms with E-state index in [2.05, 4.69) is 35.3 Å². The molecule has 0 aliphatic rings. The maximum Gasteiger partial charge on any atom is 0.0386 e. The molecule has 14 heavy (non-hydrogen) atoms. The monoisotopic (exact) mass is 221 g/mol. The molecular weight excluding hydrogens is 214 g/mol. The number of pyridine rings is 1. The van der Waals surface area contributed by atoms with E-state index in [1.54, 1.807) is 0 Å². The Morgan fingerprint density at radius 2 is 1.71 bits per heavy atom. The first-order chi connectivity index (χ1) is 6.45. The van der Waals surface area contributed by atoms with E-state index in [-0.39, 0.29) is 12.4 Å². The molecule has 0 aliphatic heterocycles. The van der Waals surface area contributed by atoms with Gasteiger partial charge in [0.05, 0.1) is 0 Å². The Morgan fingerprint density at radius 1 is 0.929 bits per heavy atom. The largest absolute Gasteiger partial charge is 0.264 e. The Bertz CT molecular complexity index is 523. The second kappa shape index (κ2) is 3.56. The SMILES string of the molecule is Cl.c1ccc2c(c1)sc1ccncc12. The first kappa shape index (κ1) is 9.44. The van der Waals surface area contributed by atoms with E-state index >= 15 is 0 Å². The van der Waals surface area contributed by atoms with Crippen LogP contribution in [0.15, 0.2) is 42.7 Å². The minimum atomic E-state index is 0. The van der Waals surface area contributed by atoms with Crippen LogP contribution in [0.1, 0.15) is 0 Å². The van der Waals surface area contributed by atoms with Crippen LogP contribution in [-0.2, 0) is 0 Å². The average molecular weight is 222 g/mol. The maximum atomic E-state index is 4.14. The molecule has 0 radical (unpaired) electrons.